The van der Waals surface area contributed by atoms with Gasteiger partial charge in [-0.05, 0) is 45.4 Å². The SMILES string of the molecule is [CH2]c1ccc(OC(=O)c2nc(C)c(C)nc2C)cc1. The summed E-state index contributed by atoms with van der Waals surface area (Å²) in [7, 11) is 0. The molecular formula is C15H15N2O2. The molecule has 4 heteroatoms. The van der Waals surface area contributed by atoms with Crippen LogP contribution in [0, 0.1) is 27.7 Å². The molecule has 1 aromatic heterocycles. The number of aryl methyl sites for hydroxylation is 3. The van der Waals surface area contributed by atoms with Gasteiger partial charge in [-0.2, -0.15) is 0 Å². The number of carbonyl (C=O) groups excluding carboxylic acids is 1. The van der Waals surface area contributed by atoms with Crippen LogP contribution in [0.1, 0.15) is 33.1 Å². The molecule has 1 radical (unpaired) electrons. The van der Waals surface area contributed by atoms with Crippen molar-refractivity contribution in [2.75, 3.05) is 0 Å². The van der Waals surface area contributed by atoms with Crippen molar-refractivity contribution in [2.45, 2.75) is 20.8 Å². The van der Waals surface area contributed by atoms with Crippen molar-refractivity contribution < 1.29 is 9.53 Å². The fraction of sp³-hybridized carbons (Fsp3) is 0.200. The Labute approximate surface area is 112 Å². The van der Waals surface area contributed by atoms with Gasteiger partial charge in [0, 0.05) is 0 Å². The van der Waals surface area contributed by atoms with Crippen LogP contribution in [0.5, 0.6) is 5.75 Å². The number of ether oxygens (including phenoxy) is 1. The third-order valence-corrected chi connectivity index (χ3v) is 2.81. The average Bonchev–Trinajstić information content (AvgIpc) is 2.36. The summed E-state index contributed by atoms with van der Waals surface area (Å²) in [5.74, 6) is -0.0262. The molecule has 0 fully saturated rings. The molecule has 4 nitrogen and oxygen atoms in total. The maximum atomic E-state index is 12.0. The molecule has 0 bridgehead atoms. The van der Waals surface area contributed by atoms with Crippen LogP contribution < -0.4 is 4.74 Å². The van der Waals surface area contributed by atoms with Gasteiger partial charge in [0.2, 0.25) is 0 Å². The summed E-state index contributed by atoms with van der Waals surface area (Å²) in [5.41, 5.74) is 3.23. The van der Waals surface area contributed by atoms with Crippen molar-refractivity contribution >= 4 is 5.97 Å². The van der Waals surface area contributed by atoms with E-state index in [4.69, 9.17) is 4.74 Å². The average molecular weight is 255 g/mol. The largest absolute Gasteiger partial charge is 0.422 e. The van der Waals surface area contributed by atoms with Gasteiger partial charge in [-0.3, -0.25) is 4.98 Å². The molecular weight excluding hydrogens is 240 g/mol. The van der Waals surface area contributed by atoms with Gasteiger partial charge in [-0.15, -0.1) is 0 Å². The Bertz CT molecular complexity index is 619. The molecule has 0 aliphatic heterocycles. The molecule has 97 valence electrons. The molecule has 0 aliphatic carbocycles. The second kappa shape index (κ2) is 5.18. The molecule has 0 N–H and O–H groups in total. The number of esters is 1. The molecule has 0 unspecified atom stereocenters. The van der Waals surface area contributed by atoms with E-state index in [1.54, 1.807) is 31.2 Å². The lowest BCUT2D eigenvalue weighted by Gasteiger charge is -2.08. The summed E-state index contributed by atoms with van der Waals surface area (Å²) < 4.78 is 5.26. The van der Waals surface area contributed by atoms with E-state index in [1.807, 2.05) is 13.8 Å². The predicted molar refractivity (Wildman–Crippen MR) is 72.1 cm³/mol. The summed E-state index contributed by atoms with van der Waals surface area (Å²) in [4.78, 5) is 20.6. The highest BCUT2D eigenvalue weighted by Gasteiger charge is 2.16. The van der Waals surface area contributed by atoms with Crippen molar-refractivity contribution in [3.8, 4) is 5.75 Å². The van der Waals surface area contributed by atoms with Crippen LogP contribution in [0.15, 0.2) is 24.3 Å². The second-order valence-electron chi connectivity index (χ2n) is 4.36. The summed E-state index contributed by atoms with van der Waals surface area (Å²) >= 11 is 0. The highest BCUT2D eigenvalue weighted by atomic mass is 16.5. The van der Waals surface area contributed by atoms with Crippen molar-refractivity contribution in [3.63, 3.8) is 0 Å². The van der Waals surface area contributed by atoms with Crippen molar-refractivity contribution in [1.82, 2.24) is 9.97 Å². The molecule has 2 rings (SSSR count). The summed E-state index contributed by atoms with van der Waals surface area (Å²) in [6, 6.07) is 6.96. The van der Waals surface area contributed by atoms with E-state index in [0.717, 1.165) is 17.0 Å². The molecule has 2 aromatic rings. The number of hydrogen-bond donors (Lipinski definition) is 0. The van der Waals surface area contributed by atoms with Gasteiger partial charge in [-0.1, -0.05) is 12.1 Å². The Morgan fingerprint density at radius 2 is 1.58 bits per heavy atom. The van der Waals surface area contributed by atoms with Crippen LogP contribution in [0.2, 0.25) is 0 Å². The lowest BCUT2D eigenvalue weighted by Crippen LogP contribution is -2.15. The first-order valence-corrected chi connectivity index (χ1v) is 5.93. The van der Waals surface area contributed by atoms with Gasteiger partial charge in [0.05, 0.1) is 17.1 Å². The first-order valence-electron chi connectivity index (χ1n) is 5.93. The minimum absolute atomic E-state index is 0.252. The van der Waals surface area contributed by atoms with Crippen molar-refractivity contribution in [1.29, 1.82) is 0 Å². The highest BCUT2D eigenvalue weighted by molar-refractivity contribution is 5.90. The fourth-order valence-electron chi connectivity index (χ4n) is 1.62. The van der Waals surface area contributed by atoms with Gasteiger partial charge in [-0.25, -0.2) is 9.78 Å². The molecule has 0 atom stereocenters. The Balaban J connectivity index is 2.25. The normalized spacial score (nSPS) is 10.3. The first-order chi connectivity index (χ1) is 8.97. The summed E-state index contributed by atoms with van der Waals surface area (Å²) in [5, 5.41) is 0. The molecule has 1 aromatic carbocycles. The number of carbonyl (C=O) groups is 1. The quantitative estimate of drug-likeness (QED) is 0.611. The number of nitrogens with zero attached hydrogens (tertiary/aromatic N) is 2. The summed E-state index contributed by atoms with van der Waals surface area (Å²) in [6.07, 6.45) is 0. The maximum absolute atomic E-state index is 12.0. The molecule has 19 heavy (non-hydrogen) atoms. The molecule has 0 spiro atoms. The van der Waals surface area contributed by atoms with E-state index >= 15 is 0 Å². The van der Waals surface area contributed by atoms with Gasteiger partial charge in [0.15, 0.2) is 5.69 Å². The Kier molecular flexibility index (Phi) is 3.60. The minimum Gasteiger partial charge on any atom is -0.422 e. The van der Waals surface area contributed by atoms with E-state index in [1.165, 1.54) is 0 Å². The smallest absolute Gasteiger partial charge is 0.364 e. The Hall–Kier alpha value is -2.23. The molecule has 0 saturated heterocycles. The minimum atomic E-state index is -0.495. The Morgan fingerprint density at radius 1 is 1.00 bits per heavy atom. The fourth-order valence-corrected chi connectivity index (χ4v) is 1.62. The van der Waals surface area contributed by atoms with Crippen molar-refractivity contribution in [3.05, 3.63) is 59.5 Å². The van der Waals surface area contributed by atoms with Crippen LogP contribution in [0.3, 0.4) is 0 Å². The summed E-state index contributed by atoms with van der Waals surface area (Å²) in [6.45, 7) is 9.19. The van der Waals surface area contributed by atoms with Crippen LogP contribution >= 0.6 is 0 Å². The van der Waals surface area contributed by atoms with Crippen molar-refractivity contribution in [2.24, 2.45) is 0 Å². The molecule has 1 heterocycles. The van der Waals surface area contributed by atoms with Crippen LogP contribution in [0.25, 0.3) is 0 Å². The number of hydrogen-bond acceptors (Lipinski definition) is 4. The van der Waals surface area contributed by atoms with Gasteiger partial charge < -0.3 is 4.74 Å². The lowest BCUT2D eigenvalue weighted by atomic mass is 10.2. The maximum Gasteiger partial charge on any atom is 0.364 e. The molecule has 0 saturated carbocycles. The van der Waals surface area contributed by atoms with Crippen LogP contribution in [-0.2, 0) is 0 Å². The third-order valence-electron chi connectivity index (χ3n) is 2.81. The standard InChI is InChI=1S/C15H15N2O2/c1-9-5-7-13(8-6-9)19-15(18)14-12(4)16-10(2)11(3)17-14/h5-8H,1H2,2-4H3. The molecule has 0 amide bonds. The van der Waals surface area contributed by atoms with E-state index in [9.17, 15) is 4.79 Å². The zero-order valence-electron chi connectivity index (χ0n) is 11.2. The van der Waals surface area contributed by atoms with Gasteiger partial charge in [0.1, 0.15) is 5.75 Å². The van der Waals surface area contributed by atoms with E-state index < -0.39 is 5.97 Å². The van der Waals surface area contributed by atoms with Gasteiger partial charge >= 0.3 is 5.97 Å². The number of aromatic nitrogens is 2. The Morgan fingerprint density at radius 3 is 2.21 bits per heavy atom. The second-order valence-corrected chi connectivity index (χ2v) is 4.36. The van der Waals surface area contributed by atoms with Crippen LogP contribution in [0.4, 0.5) is 0 Å². The van der Waals surface area contributed by atoms with E-state index in [2.05, 4.69) is 16.9 Å². The number of benzene rings is 1. The van der Waals surface area contributed by atoms with Crippen LogP contribution in [-0.4, -0.2) is 15.9 Å². The predicted octanol–water partition coefficient (Wildman–Crippen LogP) is 2.80. The van der Waals surface area contributed by atoms with Gasteiger partial charge in [0.25, 0.3) is 0 Å². The number of rotatable bonds is 2. The third kappa shape index (κ3) is 2.96. The van der Waals surface area contributed by atoms with E-state index in [0.29, 0.717) is 11.4 Å². The lowest BCUT2D eigenvalue weighted by molar-refractivity contribution is 0.0727. The molecule has 0 aliphatic rings. The highest BCUT2D eigenvalue weighted by Crippen LogP contribution is 2.15. The monoisotopic (exact) mass is 255 g/mol. The zero-order valence-corrected chi connectivity index (χ0v) is 11.2. The zero-order chi connectivity index (χ0) is 14.0. The van der Waals surface area contributed by atoms with E-state index in [-0.39, 0.29) is 5.69 Å². The topological polar surface area (TPSA) is 52.1 Å². The first kappa shape index (κ1) is 13.2.